The molecule has 1 aliphatic carbocycles. The van der Waals surface area contributed by atoms with E-state index in [0.29, 0.717) is 6.42 Å². The Kier molecular flexibility index (Phi) is 5.57. The lowest BCUT2D eigenvalue weighted by atomic mass is 9.92. The molecule has 0 radical (unpaired) electrons. The van der Waals surface area contributed by atoms with Crippen LogP contribution in [0.1, 0.15) is 19.8 Å². The molecule has 0 saturated carbocycles. The van der Waals surface area contributed by atoms with Gasteiger partial charge >= 0.3 is 12.1 Å². The number of carboxylic acid groups (broad SMARTS) is 1. The first-order valence-electron chi connectivity index (χ1n) is 6.08. The Hall–Kier alpha value is -1.82. The highest BCUT2D eigenvalue weighted by atomic mass is 16.5. The average Bonchev–Trinajstić information content (AvgIpc) is 2.74. The molecule has 19 heavy (non-hydrogen) atoms. The van der Waals surface area contributed by atoms with E-state index >= 15 is 0 Å². The second kappa shape index (κ2) is 6.94. The Bertz CT molecular complexity index is 425. The number of ether oxygens (including phenoxy) is 1. The van der Waals surface area contributed by atoms with Crippen molar-refractivity contribution in [3.8, 4) is 0 Å². The molecular formula is C13H19NO5. The standard InChI is InChI=1S/C13H19NO5/c1-8-3-4-9(11(8)7-15)10(12(16)17)5-6-19-13(18)14-2/h5,9,15H,3-4,6-7H2,1-2H3,(H,14,18)(H,16,17)/b10-5-/t9-/m1/s1. The summed E-state index contributed by atoms with van der Waals surface area (Å²) in [5.41, 5.74) is 1.96. The zero-order valence-corrected chi connectivity index (χ0v) is 11.1. The predicted molar refractivity (Wildman–Crippen MR) is 68.6 cm³/mol. The van der Waals surface area contributed by atoms with Crippen molar-refractivity contribution in [2.45, 2.75) is 19.8 Å². The van der Waals surface area contributed by atoms with Gasteiger partial charge in [-0.3, -0.25) is 0 Å². The Labute approximate surface area is 111 Å². The maximum Gasteiger partial charge on any atom is 0.407 e. The number of nitrogens with one attached hydrogen (secondary N) is 1. The van der Waals surface area contributed by atoms with Gasteiger partial charge in [-0.2, -0.15) is 0 Å². The Morgan fingerprint density at radius 3 is 2.74 bits per heavy atom. The number of carboxylic acids is 1. The van der Waals surface area contributed by atoms with Crippen molar-refractivity contribution in [1.82, 2.24) is 5.32 Å². The molecule has 6 nitrogen and oxygen atoms in total. The highest BCUT2D eigenvalue weighted by Crippen LogP contribution is 2.36. The molecule has 0 fully saturated rings. The maximum atomic E-state index is 11.3. The molecule has 0 bridgehead atoms. The number of carbonyl (C=O) groups is 2. The summed E-state index contributed by atoms with van der Waals surface area (Å²) in [6.45, 7) is 1.65. The van der Waals surface area contributed by atoms with Crippen molar-refractivity contribution in [2.75, 3.05) is 20.3 Å². The van der Waals surface area contributed by atoms with E-state index in [1.807, 2.05) is 6.92 Å². The van der Waals surface area contributed by atoms with Crippen LogP contribution in [0.5, 0.6) is 0 Å². The van der Waals surface area contributed by atoms with E-state index in [9.17, 15) is 19.8 Å². The molecule has 1 aliphatic rings. The van der Waals surface area contributed by atoms with Gasteiger partial charge in [-0.05, 0) is 31.4 Å². The van der Waals surface area contributed by atoms with E-state index in [0.717, 1.165) is 17.6 Å². The van der Waals surface area contributed by atoms with Crippen LogP contribution in [0.4, 0.5) is 4.79 Å². The number of amides is 1. The van der Waals surface area contributed by atoms with Gasteiger partial charge in [0.25, 0.3) is 0 Å². The highest BCUT2D eigenvalue weighted by Gasteiger charge is 2.29. The molecule has 1 amide bonds. The number of alkyl carbamates (subject to hydrolysis) is 1. The van der Waals surface area contributed by atoms with Gasteiger partial charge < -0.3 is 20.3 Å². The lowest BCUT2D eigenvalue weighted by Gasteiger charge is -2.15. The summed E-state index contributed by atoms with van der Waals surface area (Å²) >= 11 is 0. The lowest BCUT2D eigenvalue weighted by molar-refractivity contribution is -0.133. The van der Waals surface area contributed by atoms with Crippen molar-refractivity contribution in [3.63, 3.8) is 0 Å². The molecule has 1 rings (SSSR count). The zero-order valence-electron chi connectivity index (χ0n) is 11.1. The van der Waals surface area contributed by atoms with Crippen LogP contribution in [-0.4, -0.2) is 42.5 Å². The number of carbonyl (C=O) groups excluding carboxylic acids is 1. The number of rotatable bonds is 5. The average molecular weight is 269 g/mol. The molecule has 106 valence electrons. The van der Waals surface area contributed by atoms with Crippen LogP contribution in [0, 0.1) is 5.92 Å². The minimum absolute atomic E-state index is 0.102. The van der Waals surface area contributed by atoms with E-state index in [1.165, 1.54) is 13.1 Å². The van der Waals surface area contributed by atoms with Crippen molar-refractivity contribution < 1.29 is 24.5 Å². The van der Waals surface area contributed by atoms with Gasteiger partial charge in [0.15, 0.2) is 0 Å². The summed E-state index contributed by atoms with van der Waals surface area (Å²) in [6, 6.07) is 0. The minimum Gasteiger partial charge on any atom is -0.478 e. The van der Waals surface area contributed by atoms with Gasteiger partial charge in [0.1, 0.15) is 6.61 Å². The van der Waals surface area contributed by atoms with E-state index in [4.69, 9.17) is 4.74 Å². The fourth-order valence-corrected chi connectivity index (χ4v) is 2.24. The third-order valence-corrected chi connectivity index (χ3v) is 3.29. The van der Waals surface area contributed by atoms with Crippen molar-refractivity contribution >= 4 is 12.1 Å². The largest absolute Gasteiger partial charge is 0.478 e. The summed E-state index contributed by atoms with van der Waals surface area (Å²) in [4.78, 5) is 22.2. The summed E-state index contributed by atoms with van der Waals surface area (Å²) in [5.74, 6) is -1.35. The van der Waals surface area contributed by atoms with Crippen molar-refractivity contribution in [3.05, 3.63) is 22.8 Å². The molecule has 0 aromatic rings. The number of aliphatic hydroxyl groups excluding tert-OH is 1. The summed E-state index contributed by atoms with van der Waals surface area (Å²) in [5, 5.41) is 20.8. The quantitative estimate of drug-likeness (QED) is 0.512. The Morgan fingerprint density at radius 2 is 2.21 bits per heavy atom. The fourth-order valence-electron chi connectivity index (χ4n) is 2.24. The molecule has 0 aliphatic heterocycles. The van der Waals surface area contributed by atoms with Crippen LogP contribution < -0.4 is 5.32 Å². The third kappa shape index (κ3) is 3.82. The van der Waals surface area contributed by atoms with Crippen LogP contribution in [-0.2, 0) is 9.53 Å². The van der Waals surface area contributed by atoms with Crippen LogP contribution in [0.2, 0.25) is 0 Å². The number of allylic oxidation sites excluding steroid dienone is 1. The normalized spacial score (nSPS) is 19.5. The molecule has 0 unspecified atom stereocenters. The lowest BCUT2D eigenvalue weighted by Crippen LogP contribution is -2.20. The van der Waals surface area contributed by atoms with Gasteiger partial charge in [-0.15, -0.1) is 0 Å². The maximum absolute atomic E-state index is 11.3. The fraction of sp³-hybridized carbons (Fsp3) is 0.538. The second-order valence-corrected chi connectivity index (χ2v) is 4.37. The first-order chi connectivity index (χ1) is 9.01. The number of aliphatic carboxylic acids is 1. The summed E-state index contributed by atoms with van der Waals surface area (Å²) in [7, 11) is 1.43. The topological polar surface area (TPSA) is 95.9 Å². The monoisotopic (exact) mass is 269 g/mol. The van der Waals surface area contributed by atoms with Gasteiger partial charge in [0.05, 0.1) is 6.61 Å². The molecule has 3 N–H and O–H groups in total. The Morgan fingerprint density at radius 1 is 1.53 bits per heavy atom. The zero-order chi connectivity index (χ0) is 14.4. The first-order valence-corrected chi connectivity index (χ1v) is 6.08. The van der Waals surface area contributed by atoms with Gasteiger partial charge in [0, 0.05) is 18.5 Å². The van der Waals surface area contributed by atoms with E-state index < -0.39 is 12.1 Å². The highest BCUT2D eigenvalue weighted by molar-refractivity contribution is 5.88. The van der Waals surface area contributed by atoms with E-state index in [1.54, 1.807) is 0 Å². The van der Waals surface area contributed by atoms with Crippen LogP contribution >= 0.6 is 0 Å². The van der Waals surface area contributed by atoms with Crippen LogP contribution in [0.3, 0.4) is 0 Å². The Balaban J connectivity index is 2.81. The van der Waals surface area contributed by atoms with Gasteiger partial charge in [0.2, 0.25) is 0 Å². The molecule has 0 aromatic carbocycles. The van der Waals surface area contributed by atoms with Crippen LogP contribution in [0.15, 0.2) is 22.8 Å². The molecule has 0 aromatic heterocycles. The number of aliphatic hydroxyl groups is 1. The predicted octanol–water partition coefficient (Wildman–Crippen LogP) is 1.07. The van der Waals surface area contributed by atoms with Gasteiger partial charge in [-0.1, -0.05) is 5.57 Å². The summed E-state index contributed by atoms with van der Waals surface area (Å²) < 4.78 is 4.76. The molecule has 0 spiro atoms. The van der Waals surface area contributed by atoms with E-state index in [2.05, 4.69) is 5.32 Å². The third-order valence-electron chi connectivity index (χ3n) is 3.29. The second-order valence-electron chi connectivity index (χ2n) is 4.37. The minimum atomic E-state index is -1.05. The number of hydrogen-bond donors (Lipinski definition) is 3. The van der Waals surface area contributed by atoms with Crippen molar-refractivity contribution in [1.29, 1.82) is 0 Å². The van der Waals surface area contributed by atoms with E-state index in [-0.39, 0.29) is 24.7 Å². The molecule has 6 heteroatoms. The summed E-state index contributed by atoms with van der Waals surface area (Å²) in [6.07, 6.45) is 2.22. The molecular weight excluding hydrogens is 250 g/mol. The molecule has 0 saturated heterocycles. The molecule has 0 heterocycles. The molecule has 1 atom stereocenters. The van der Waals surface area contributed by atoms with Crippen molar-refractivity contribution in [2.24, 2.45) is 5.92 Å². The number of hydrogen-bond acceptors (Lipinski definition) is 4. The van der Waals surface area contributed by atoms with Gasteiger partial charge in [-0.25, -0.2) is 9.59 Å². The SMILES string of the molecule is CNC(=O)OC/C=C(\C(=O)O)[C@H]1CCC(C)=C1CO. The first kappa shape index (κ1) is 15.2. The smallest absolute Gasteiger partial charge is 0.407 e. The van der Waals surface area contributed by atoms with Crippen LogP contribution in [0.25, 0.3) is 0 Å².